The zero-order chi connectivity index (χ0) is 24.0. The van der Waals surface area contributed by atoms with Gasteiger partial charge in [-0.2, -0.15) is 0 Å². The number of alkyl halides is 2. The number of nitrogens with one attached hydrogen (secondary N) is 2. The zero-order valence-electron chi connectivity index (χ0n) is 20.9. The van der Waals surface area contributed by atoms with Gasteiger partial charge in [0.05, 0.1) is 12.1 Å². The molecule has 0 aromatic carbocycles. The van der Waals surface area contributed by atoms with Crippen molar-refractivity contribution >= 4 is 11.9 Å². The van der Waals surface area contributed by atoms with Crippen LogP contribution in [0, 0.1) is 35.5 Å². The summed E-state index contributed by atoms with van der Waals surface area (Å²) in [5.41, 5.74) is 0. The third-order valence-corrected chi connectivity index (χ3v) is 10.0. The van der Waals surface area contributed by atoms with Gasteiger partial charge < -0.3 is 4.90 Å². The molecule has 2 N–H and O–H groups in total. The molecule has 10 unspecified atom stereocenters. The van der Waals surface area contributed by atoms with Crippen LogP contribution in [0.3, 0.4) is 0 Å². The molecule has 3 heterocycles. The predicted octanol–water partition coefficient (Wildman–Crippen LogP) is 5.34. The van der Waals surface area contributed by atoms with E-state index in [9.17, 15) is 9.59 Å². The van der Waals surface area contributed by atoms with Gasteiger partial charge in [-0.1, -0.05) is 52.4 Å². The van der Waals surface area contributed by atoms with E-state index in [2.05, 4.69) is 24.5 Å². The molecule has 5 fully saturated rings. The van der Waals surface area contributed by atoms with Crippen molar-refractivity contribution < 1.29 is 18.4 Å². The number of hydrogen-bond donors (Lipinski definition) is 2. The van der Waals surface area contributed by atoms with Gasteiger partial charge in [-0.25, -0.2) is 13.6 Å². The first-order chi connectivity index (χ1) is 16.4. The Balaban J connectivity index is 1.55. The number of rotatable bonds is 1. The second-order valence-corrected chi connectivity index (χ2v) is 12.2. The van der Waals surface area contributed by atoms with Gasteiger partial charge in [-0.15, -0.1) is 0 Å². The molecule has 2 aliphatic carbocycles. The number of nitrogens with zero attached hydrogens (tertiary/aromatic N) is 1. The number of carbonyl (C=O) groups is 2. The van der Waals surface area contributed by atoms with E-state index in [0.717, 1.165) is 57.8 Å². The topological polar surface area (TPSA) is 61.4 Å². The van der Waals surface area contributed by atoms with Crippen molar-refractivity contribution in [3.05, 3.63) is 0 Å². The number of piperidine rings is 1. The van der Waals surface area contributed by atoms with Crippen LogP contribution in [0.4, 0.5) is 13.6 Å². The molecule has 0 aromatic rings. The van der Waals surface area contributed by atoms with E-state index in [1.807, 2.05) is 4.90 Å². The highest BCUT2D eigenvalue weighted by atomic mass is 19.1. The Hall–Kier alpha value is -1.24. The van der Waals surface area contributed by atoms with E-state index in [4.69, 9.17) is 0 Å². The Kier molecular flexibility index (Phi) is 7.21. The lowest BCUT2D eigenvalue weighted by atomic mass is 9.68. The van der Waals surface area contributed by atoms with Gasteiger partial charge in [-0.3, -0.25) is 15.4 Å². The fourth-order valence-electron chi connectivity index (χ4n) is 8.41. The van der Waals surface area contributed by atoms with E-state index in [-0.39, 0.29) is 36.2 Å². The maximum absolute atomic E-state index is 15.7. The Morgan fingerprint density at radius 1 is 0.853 bits per heavy atom. The molecule has 2 bridgehead atoms. The Morgan fingerprint density at radius 3 is 2.29 bits per heavy atom. The van der Waals surface area contributed by atoms with Crippen LogP contribution in [0.5, 0.6) is 0 Å². The smallest absolute Gasteiger partial charge is 0.305 e. The molecule has 5 nitrogen and oxygen atoms in total. The van der Waals surface area contributed by atoms with Gasteiger partial charge in [0.1, 0.15) is 12.3 Å². The van der Waals surface area contributed by atoms with Crippen LogP contribution in [0.15, 0.2) is 0 Å². The normalized spacial score (nSPS) is 45.9. The summed E-state index contributed by atoms with van der Waals surface area (Å²) in [4.78, 5) is 28.2. The molecule has 5 rings (SSSR count). The minimum absolute atomic E-state index is 0.0303. The van der Waals surface area contributed by atoms with Gasteiger partial charge in [0.15, 0.2) is 0 Å². The number of urea groups is 1. The summed E-state index contributed by atoms with van der Waals surface area (Å²) in [7, 11) is 0. The third kappa shape index (κ3) is 4.39. The number of carbonyl (C=O) groups excluding carboxylic acids is 2. The van der Waals surface area contributed by atoms with Crippen LogP contribution in [0.2, 0.25) is 0 Å². The second kappa shape index (κ2) is 10.0. The van der Waals surface area contributed by atoms with Crippen LogP contribution >= 0.6 is 0 Å². The minimum Gasteiger partial charge on any atom is -0.305 e. The summed E-state index contributed by atoms with van der Waals surface area (Å²) < 4.78 is 31.1. The summed E-state index contributed by atoms with van der Waals surface area (Å²) in [5, 5.41) is 6.03. The summed E-state index contributed by atoms with van der Waals surface area (Å²) in [6.07, 6.45) is 8.20. The van der Waals surface area contributed by atoms with Gasteiger partial charge in [0.25, 0.3) is 0 Å². The minimum atomic E-state index is -1.28. The first-order valence-electron chi connectivity index (χ1n) is 14.0. The predicted molar refractivity (Wildman–Crippen MR) is 127 cm³/mol. The standard InChI is InChI=1S/C27H43F2N3O2/c1-15(2)18-12-6-11-17-9-5-3-4-8-16-10-7-13-20(28)22(16)23-21(29)14-19-25(30-23)32(24(17)18)27(34)31-26(19)33/h15-25,30H,3-14H2,1-2H3,(H,31,33,34). The quantitative estimate of drug-likeness (QED) is 0.534. The molecule has 3 aliphatic heterocycles. The molecule has 7 heteroatoms. The van der Waals surface area contributed by atoms with Crippen LogP contribution < -0.4 is 10.6 Å². The van der Waals surface area contributed by atoms with Crippen LogP contribution in [0.25, 0.3) is 0 Å². The largest absolute Gasteiger partial charge is 0.325 e. The number of halogens is 2. The maximum atomic E-state index is 15.7. The van der Waals surface area contributed by atoms with Crippen LogP contribution in [-0.2, 0) is 4.79 Å². The fourth-order valence-corrected chi connectivity index (χ4v) is 8.41. The molecular formula is C27H43F2N3O2. The van der Waals surface area contributed by atoms with Gasteiger partial charge >= 0.3 is 6.03 Å². The molecule has 0 aromatic heterocycles. The van der Waals surface area contributed by atoms with E-state index in [0.29, 0.717) is 24.2 Å². The fraction of sp³-hybridized carbons (Fsp3) is 0.926. The molecule has 192 valence electrons. The summed E-state index contributed by atoms with van der Waals surface area (Å²) in [5.74, 6) is -0.0541. The average molecular weight is 480 g/mol. The Bertz CT molecular complexity index is 764. The van der Waals surface area contributed by atoms with Crippen molar-refractivity contribution in [2.24, 2.45) is 35.5 Å². The molecule has 2 saturated carbocycles. The zero-order valence-corrected chi connectivity index (χ0v) is 20.9. The SMILES string of the molecule is CC(C)C1CCCC2CCCCCC3CCCC(F)C3C3NC4C(CC3F)C(=O)NC(=O)N4C21. The molecule has 3 saturated heterocycles. The van der Waals surface area contributed by atoms with E-state index in [1.54, 1.807) is 0 Å². The van der Waals surface area contributed by atoms with Crippen molar-refractivity contribution in [3.63, 3.8) is 0 Å². The molecule has 3 amide bonds. The molecule has 5 aliphatic rings. The van der Waals surface area contributed by atoms with Crippen molar-refractivity contribution in [1.82, 2.24) is 15.5 Å². The summed E-state index contributed by atoms with van der Waals surface area (Å²) in [6.45, 7) is 4.46. The first kappa shape index (κ1) is 24.5. The van der Waals surface area contributed by atoms with Gasteiger partial charge in [0.2, 0.25) is 5.91 Å². The van der Waals surface area contributed by atoms with E-state index in [1.165, 1.54) is 6.42 Å². The highest BCUT2D eigenvalue weighted by Gasteiger charge is 2.55. The lowest BCUT2D eigenvalue weighted by Crippen LogP contribution is -2.75. The van der Waals surface area contributed by atoms with Crippen molar-refractivity contribution in [2.75, 3.05) is 0 Å². The van der Waals surface area contributed by atoms with Gasteiger partial charge in [-0.05, 0) is 62.2 Å². The highest BCUT2D eigenvalue weighted by Crippen LogP contribution is 2.46. The van der Waals surface area contributed by atoms with Crippen LogP contribution in [-0.4, -0.2) is 47.4 Å². The second-order valence-electron chi connectivity index (χ2n) is 12.2. The molecule has 0 spiro atoms. The molecular weight excluding hydrogens is 436 g/mol. The lowest BCUT2D eigenvalue weighted by molar-refractivity contribution is -0.137. The lowest BCUT2D eigenvalue weighted by Gasteiger charge is -2.55. The maximum Gasteiger partial charge on any atom is 0.325 e. The van der Waals surface area contributed by atoms with Gasteiger partial charge in [0, 0.05) is 18.0 Å². The van der Waals surface area contributed by atoms with Crippen molar-refractivity contribution in [3.8, 4) is 0 Å². The van der Waals surface area contributed by atoms with Crippen LogP contribution in [0.1, 0.15) is 90.9 Å². The number of hydrogen-bond acceptors (Lipinski definition) is 3. The number of fused-ring (bicyclic) bond motifs is 5. The van der Waals surface area contributed by atoms with E-state index >= 15 is 8.78 Å². The number of amides is 3. The summed E-state index contributed by atoms with van der Waals surface area (Å²) >= 11 is 0. The monoisotopic (exact) mass is 479 g/mol. The third-order valence-electron chi connectivity index (χ3n) is 10.0. The van der Waals surface area contributed by atoms with E-state index < -0.39 is 30.5 Å². The summed E-state index contributed by atoms with van der Waals surface area (Å²) in [6, 6.07) is -0.949. The Labute approximate surface area is 203 Å². The average Bonchev–Trinajstić information content (AvgIpc) is 2.80. The van der Waals surface area contributed by atoms with Crippen molar-refractivity contribution in [2.45, 2.75) is 121 Å². The highest BCUT2D eigenvalue weighted by molar-refractivity contribution is 5.98. The first-order valence-corrected chi connectivity index (χ1v) is 14.0. The molecule has 0 radical (unpaired) electrons. The number of imide groups is 1. The molecule has 34 heavy (non-hydrogen) atoms. The van der Waals surface area contributed by atoms with Crippen molar-refractivity contribution in [1.29, 1.82) is 0 Å². The Morgan fingerprint density at radius 2 is 1.53 bits per heavy atom. The molecule has 10 atom stereocenters.